The maximum Gasteiger partial charge on any atom is 0.169 e. The Morgan fingerprint density at radius 1 is 1.50 bits per heavy atom. The molecule has 5 N–H and O–H groups in total. The van der Waals surface area contributed by atoms with E-state index in [1.165, 1.54) is 23.2 Å². The summed E-state index contributed by atoms with van der Waals surface area (Å²) in [5.41, 5.74) is 7.02. The number of aromatic hydroxyl groups is 1. The molecule has 94 valence electrons. The second-order valence-electron chi connectivity index (χ2n) is 3.78. The van der Waals surface area contributed by atoms with E-state index in [1.54, 1.807) is 7.05 Å². The fourth-order valence-electron chi connectivity index (χ4n) is 1.56. The molecule has 1 heterocycles. The number of rotatable bonds is 2. The predicted molar refractivity (Wildman–Crippen MR) is 69.6 cm³/mol. The van der Waals surface area contributed by atoms with Gasteiger partial charge in [0.2, 0.25) is 0 Å². The normalized spacial score (nSPS) is 17.4. The molecular formula is C11H13N5O2. The average molecular weight is 247 g/mol. The van der Waals surface area contributed by atoms with E-state index in [2.05, 4.69) is 10.1 Å². The Morgan fingerprint density at radius 2 is 2.22 bits per heavy atom. The molecule has 1 aromatic rings. The number of nitrogens with two attached hydrogens (primary N) is 1. The zero-order valence-electron chi connectivity index (χ0n) is 9.75. The van der Waals surface area contributed by atoms with E-state index < -0.39 is 0 Å². The van der Waals surface area contributed by atoms with Crippen molar-refractivity contribution in [2.24, 2.45) is 10.1 Å². The molecule has 0 atom stereocenters. The third kappa shape index (κ3) is 2.03. The van der Waals surface area contributed by atoms with E-state index in [0.717, 1.165) is 0 Å². The van der Waals surface area contributed by atoms with Gasteiger partial charge in [0, 0.05) is 13.1 Å². The number of hydrazone groups is 1. The van der Waals surface area contributed by atoms with Crippen molar-refractivity contribution in [1.82, 2.24) is 5.01 Å². The van der Waals surface area contributed by atoms with Crippen molar-refractivity contribution in [1.29, 1.82) is 5.41 Å². The van der Waals surface area contributed by atoms with Crippen LogP contribution in [0.15, 0.2) is 28.3 Å². The zero-order chi connectivity index (χ0) is 13.3. The number of phenolic OH excluding ortho intramolecular Hbond substituents is 1. The van der Waals surface area contributed by atoms with Gasteiger partial charge < -0.3 is 15.9 Å². The van der Waals surface area contributed by atoms with Gasteiger partial charge >= 0.3 is 0 Å². The first kappa shape index (κ1) is 12.1. The minimum Gasteiger partial charge on any atom is -0.508 e. The lowest BCUT2D eigenvalue weighted by Gasteiger charge is -2.06. The maximum absolute atomic E-state index is 9.25. The van der Waals surface area contributed by atoms with Crippen LogP contribution in [0.1, 0.15) is 0 Å². The molecular weight excluding hydrogens is 234 g/mol. The van der Waals surface area contributed by atoms with E-state index >= 15 is 0 Å². The van der Waals surface area contributed by atoms with Crippen LogP contribution in [0.25, 0.3) is 0 Å². The van der Waals surface area contributed by atoms with Gasteiger partial charge in [-0.05, 0) is 12.1 Å². The number of hydrogen-bond donors (Lipinski definition) is 4. The highest BCUT2D eigenvalue weighted by Crippen LogP contribution is 2.26. The molecule has 0 radical (unpaired) electrons. The molecule has 1 aliphatic rings. The molecule has 0 unspecified atom stereocenters. The van der Waals surface area contributed by atoms with Crippen LogP contribution < -0.4 is 5.73 Å². The Balaban J connectivity index is 2.44. The van der Waals surface area contributed by atoms with E-state index in [1.807, 2.05) is 0 Å². The van der Waals surface area contributed by atoms with Crippen molar-refractivity contribution in [2.75, 3.05) is 19.4 Å². The number of aliphatic hydroxyl groups excluding tert-OH is 1. The van der Waals surface area contributed by atoms with Crippen LogP contribution in [0, 0.1) is 5.41 Å². The first-order valence-corrected chi connectivity index (χ1v) is 5.21. The van der Waals surface area contributed by atoms with Crippen molar-refractivity contribution in [3.05, 3.63) is 18.2 Å². The number of nitrogen functional groups attached to an aromatic ring is 1. The minimum absolute atomic E-state index is 0.0473. The van der Waals surface area contributed by atoms with Crippen LogP contribution in [-0.2, 0) is 0 Å². The number of hydrogen-bond acceptors (Lipinski definition) is 6. The molecule has 0 bridgehead atoms. The molecule has 7 heteroatoms. The molecule has 1 aromatic carbocycles. The van der Waals surface area contributed by atoms with Gasteiger partial charge in [-0.2, -0.15) is 5.10 Å². The largest absolute Gasteiger partial charge is 0.508 e. The monoisotopic (exact) mass is 247 g/mol. The van der Waals surface area contributed by atoms with E-state index in [0.29, 0.717) is 17.1 Å². The Hall–Kier alpha value is -2.41. The number of benzene rings is 1. The summed E-state index contributed by atoms with van der Waals surface area (Å²) in [6.07, 6.45) is 0. The number of aliphatic hydroxyl groups is 1. The predicted octanol–water partition coefficient (Wildman–Crippen LogP) is 0.318. The number of anilines is 1. The molecule has 0 saturated heterocycles. The van der Waals surface area contributed by atoms with Crippen LogP contribution in [-0.4, -0.2) is 46.1 Å². The lowest BCUT2D eigenvalue weighted by molar-refractivity contribution is 0.357. The summed E-state index contributed by atoms with van der Waals surface area (Å²) >= 11 is 0. The van der Waals surface area contributed by atoms with Gasteiger partial charge in [-0.3, -0.25) is 5.41 Å². The standard InChI is InChI=1S/C11H13N5O2/c1-16-11(13)10(9(5-17)15-16)14-8-3-2-6(18)4-7(8)12/h2-4,13,17-18H,5,12H2,1H3. The zero-order valence-corrected chi connectivity index (χ0v) is 9.75. The van der Waals surface area contributed by atoms with Crippen LogP contribution in [0.4, 0.5) is 11.4 Å². The van der Waals surface area contributed by atoms with Crippen molar-refractivity contribution < 1.29 is 10.2 Å². The highest BCUT2D eigenvalue weighted by Gasteiger charge is 2.25. The van der Waals surface area contributed by atoms with Crippen LogP contribution >= 0.6 is 0 Å². The van der Waals surface area contributed by atoms with Gasteiger partial charge in [-0.25, -0.2) is 10.0 Å². The number of nitrogens with zero attached hydrogens (tertiary/aromatic N) is 3. The molecule has 0 aromatic heterocycles. The van der Waals surface area contributed by atoms with Gasteiger partial charge in [-0.15, -0.1) is 0 Å². The van der Waals surface area contributed by atoms with E-state index in [-0.39, 0.29) is 23.9 Å². The Morgan fingerprint density at radius 3 is 2.83 bits per heavy atom. The maximum atomic E-state index is 9.25. The Bertz CT molecular complexity index is 565. The van der Waals surface area contributed by atoms with Crippen molar-refractivity contribution in [3.63, 3.8) is 0 Å². The minimum atomic E-state index is -0.302. The van der Waals surface area contributed by atoms with Crippen LogP contribution in [0.5, 0.6) is 5.75 Å². The average Bonchev–Trinajstić information content (AvgIpc) is 2.60. The van der Waals surface area contributed by atoms with Gasteiger partial charge in [0.15, 0.2) is 5.84 Å². The summed E-state index contributed by atoms with van der Waals surface area (Å²) in [5, 5.41) is 31.5. The second-order valence-corrected chi connectivity index (χ2v) is 3.78. The van der Waals surface area contributed by atoms with Gasteiger partial charge in [0.1, 0.15) is 17.2 Å². The lowest BCUT2D eigenvalue weighted by atomic mass is 10.2. The molecule has 0 aliphatic carbocycles. The van der Waals surface area contributed by atoms with Gasteiger partial charge in [-0.1, -0.05) is 0 Å². The summed E-state index contributed by atoms with van der Waals surface area (Å²) in [6.45, 7) is -0.302. The molecule has 0 amide bonds. The van der Waals surface area contributed by atoms with Crippen molar-refractivity contribution in [3.8, 4) is 5.75 Å². The fourth-order valence-corrected chi connectivity index (χ4v) is 1.56. The smallest absolute Gasteiger partial charge is 0.169 e. The summed E-state index contributed by atoms with van der Waals surface area (Å²) in [6, 6.07) is 4.36. The molecule has 0 fully saturated rings. The third-order valence-corrected chi connectivity index (χ3v) is 2.49. The summed E-state index contributed by atoms with van der Waals surface area (Å²) in [7, 11) is 1.60. The lowest BCUT2D eigenvalue weighted by Crippen LogP contribution is -2.25. The van der Waals surface area contributed by atoms with Gasteiger partial charge in [0.05, 0.1) is 18.0 Å². The quantitative estimate of drug-likeness (QED) is 0.562. The first-order chi connectivity index (χ1) is 8.52. The molecule has 2 rings (SSSR count). The van der Waals surface area contributed by atoms with E-state index in [9.17, 15) is 5.11 Å². The highest BCUT2D eigenvalue weighted by molar-refractivity contribution is 6.70. The summed E-state index contributed by atoms with van der Waals surface area (Å²) in [5.74, 6) is 0.137. The Kier molecular flexibility index (Phi) is 2.99. The van der Waals surface area contributed by atoms with Crippen molar-refractivity contribution in [2.45, 2.75) is 0 Å². The van der Waals surface area contributed by atoms with Gasteiger partial charge in [0.25, 0.3) is 0 Å². The number of nitrogens with one attached hydrogen (secondary N) is 1. The molecule has 18 heavy (non-hydrogen) atoms. The SMILES string of the molecule is CN1N=C(CO)C(=Nc2ccc(O)cc2N)C1=N. The highest BCUT2D eigenvalue weighted by atomic mass is 16.3. The number of aliphatic imine (C=N–C) groups is 1. The summed E-state index contributed by atoms with van der Waals surface area (Å²) in [4.78, 5) is 4.21. The molecule has 0 saturated carbocycles. The van der Waals surface area contributed by atoms with Crippen LogP contribution in [0.2, 0.25) is 0 Å². The number of phenols is 1. The van der Waals surface area contributed by atoms with E-state index in [4.69, 9.17) is 16.2 Å². The third-order valence-electron chi connectivity index (χ3n) is 2.49. The molecule has 7 nitrogen and oxygen atoms in total. The van der Waals surface area contributed by atoms with Crippen molar-refractivity contribution >= 4 is 28.6 Å². The summed E-state index contributed by atoms with van der Waals surface area (Å²) < 4.78 is 0. The molecule has 1 aliphatic heterocycles. The fraction of sp³-hybridized carbons (Fsp3) is 0.182. The topological polar surface area (TPSA) is 118 Å². The second kappa shape index (κ2) is 4.46. The molecule has 0 spiro atoms. The first-order valence-electron chi connectivity index (χ1n) is 5.21. The van der Waals surface area contributed by atoms with Crippen LogP contribution in [0.3, 0.4) is 0 Å². The Labute approximate surface area is 103 Å². The number of amidine groups is 1.